The van der Waals surface area contributed by atoms with Gasteiger partial charge in [0.15, 0.2) is 0 Å². The van der Waals surface area contributed by atoms with Gasteiger partial charge in [0.2, 0.25) is 0 Å². The zero-order chi connectivity index (χ0) is 21.5. The van der Waals surface area contributed by atoms with Gasteiger partial charge in [-0.2, -0.15) is 0 Å². The molecule has 3 aromatic rings. The molecule has 1 N–H and O–H groups in total. The molecule has 0 saturated heterocycles. The van der Waals surface area contributed by atoms with Gasteiger partial charge in [0, 0.05) is 18.6 Å². The van der Waals surface area contributed by atoms with Crippen molar-refractivity contribution in [2.24, 2.45) is 5.92 Å². The number of hydrogen-bond donors (Lipinski definition) is 1. The first-order valence-electron chi connectivity index (χ1n) is 10.5. The maximum atomic E-state index is 11.6. The number of aliphatic hydroxyl groups is 1. The van der Waals surface area contributed by atoms with Crippen LogP contribution in [0.25, 0.3) is 16.7 Å². The van der Waals surface area contributed by atoms with Crippen LogP contribution in [-0.2, 0) is 11.2 Å². The van der Waals surface area contributed by atoms with Gasteiger partial charge in [-0.15, -0.1) is 15.0 Å². The Balaban J connectivity index is 1.91. The van der Waals surface area contributed by atoms with Gasteiger partial charge >= 0.3 is 5.97 Å². The summed E-state index contributed by atoms with van der Waals surface area (Å²) in [5, 5.41) is 19.9. The van der Waals surface area contributed by atoms with Gasteiger partial charge in [0.1, 0.15) is 16.8 Å². The Morgan fingerprint density at radius 1 is 1.20 bits per heavy atom. The number of aliphatic hydroxyl groups excluding tert-OH is 1. The summed E-state index contributed by atoms with van der Waals surface area (Å²) in [5.41, 5.74) is 3.11. The molecule has 1 aromatic heterocycles. The van der Waals surface area contributed by atoms with Gasteiger partial charge in [0.05, 0.1) is 11.8 Å². The molecule has 6 nitrogen and oxygen atoms in total. The number of benzene rings is 2. The van der Waals surface area contributed by atoms with Crippen LogP contribution in [0, 0.1) is 5.92 Å². The van der Waals surface area contributed by atoms with Crippen molar-refractivity contribution in [2.75, 3.05) is 0 Å². The molecule has 2 aromatic carbocycles. The second kappa shape index (κ2) is 10.2. The molecule has 0 aliphatic carbocycles. The Morgan fingerprint density at radius 2 is 1.90 bits per heavy atom. The van der Waals surface area contributed by atoms with Crippen LogP contribution < -0.4 is 4.74 Å². The summed E-state index contributed by atoms with van der Waals surface area (Å²) in [5.74, 6) is 0.0367. The molecule has 0 aliphatic rings. The molecular weight excluding hydrogens is 378 g/mol. The van der Waals surface area contributed by atoms with Gasteiger partial charge < -0.3 is 9.84 Å². The van der Waals surface area contributed by atoms with E-state index in [-0.39, 0.29) is 5.92 Å². The van der Waals surface area contributed by atoms with Crippen LogP contribution in [0.15, 0.2) is 55.1 Å². The topological polar surface area (TPSA) is 77.2 Å². The summed E-state index contributed by atoms with van der Waals surface area (Å²) in [6, 6.07) is 12.9. The van der Waals surface area contributed by atoms with E-state index in [0.29, 0.717) is 17.9 Å². The quantitative estimate of drug-likeness (QED) is 0.229. The highest BCUT2D eigenvalue weighted by Gasteiger charge is 2.19. The zero-order valence-electron chi connectivity index (χ0n) is 17.6. The summed E-state index contributed by atoms with van der Waals surface area (Å²) in [7, 11) is 0. The molecule has 2 unspecified atom stereocenters. The number of aromatic nitrogens is 3. The van der Waals surface area contributed by atoms with Crippen molar-refractivity contribution in [3.8, 4) is 11.4 Å². The number of ether oxygens (including phenoxy) is 1. The van der Waals surface area contributed by atoms with Gasteiger partial charge in [0.25, 0.3) is 0 Å². The molecule has 0 amide bonds. The Bertz CT molecular complexity index is 979. The lowest BCUT2D eigenvalue weighted by Crippen LogP contribution is -2.21. The van der Waals surface area contributed by atoms with Crippen LogP contribution in [0.5, 0.6) is 5.75 Å². The van der Waals surface area contributed by atoms with E-state index in [1.807, 2.05) is 30.3 Å². The monoisotopic (exact) mass is 407 g/mol. The maximum absolute atomic E-state index is 11.6. The molecule has 6 heteroatoms. The van der Waals surface area contributed by atoms with Crippen molar-refractivity contribution in [1.82, 2.24) is 15.0 Å². The third-order valence-corrected chi connectivity index (χ3v) is 5.29. The number of esters is 1. The second-order valence-electron chi connectivity index (χ2n) is 7.64. The first-order valence-corrected chi connectivity index (χ1v) is 10.5. The average molecular weight is 408 g/mol. The van der Waals surface area contributed by atoms with Crippen LogP contribution in [-0.4, -0.2) is 32.2 Å². The lowest BCUT2D eigenvalue weighted by Gasteiger charge is -2.20. The number of fused-ring (bicyclic) bond motifs is 1. The molecule has 0 fully saturated rings. The van der Waals surface area contributed by atoms with Crippen LogP contribution in [0.2, 0.25) is 0 Å². The Morgan fingerprint density at radius 3 is 2.53 bits per heavy atom. The van der Waals surface area contributed by atoms with Gasteiger partial charge in [-0.25, -0.2) is 4.79 Å². The minimum atomic E-state index is -0.531. The minimum absolute atomic E-state index is 0.187. The Labute approximate surface area is 177 Å². The maximum Gasteiger partial charge on any atom is 0.335 e. The number of carbonyl (C=O) groups excluding carboxylic acids is 1. The fraction of sp³-hybridized carbons (Fsp3) is 0.375. The highest BCUT2D eigenvalue weighted by Crippen LogP contribution is 2.26. The first-order chi connectivity index (χ1) is 14.5. The van der Waals surface area contributed by atoms with Gasteiger partial charge in [-0.3, -0.25) is 0 Å². The summed E-state index contributed by atoms with van der Waals surface area (Å²) in [4.78, 5) is 13.2. The highest BCUT2D eigenvalue weighted by molar-refractivity contribution is 5.83. The van der Waals surface area contributed by atoms with E-state index in [2.05, 4.69) is 30.6 Å². The fourth-order valence-electron chi connectivity index (χ4n) is 3.43. The molecule has 0 saturated carbocycles. The lowest BCUT2D eigenvalue weighted by molar-refractivity contribution is -0.128. The standard InChI is InChI=1S/C24H29N3O3/c1-4-6-7-10-17(3)23(28)15-18-13-14-19(30-24(29)5-2)16-22(18)27-25-20-11-8-9-12-21(20)26-27/h5,8-9,11-14,16-17,23,28H,2,4,6-7,10,15H2,1,3H3. The van der Waals surface area contributed by atoms with E-state index >= 15 is 0 Å². The molecule has 0 radical (unpaired) electrons. The second-order valence-corrected chi connectivity index (χ2v) is 7.64. The van der Waals surface area contributed by atoms with Crippen molar-refractivity contribution >= 4 is 17.0 Å². The molecule has 158 valence electrons. The van der Waals surface area contributed by atoms with E-state index in [0.717, 1.165) is 41.9 Å². The summed E-state index contributed by atoms with van der Waals surface area (Å²) in [6.07, 6.45) is 5.55. The number of rotatable bonds is 10. The van der Waals surface area contributed by atoms with Gasteiger partial charge in [-0.1, -0.05) is 57.9 Å². The third kappa shape index (κ3) is 5.33. The van der Waals surface area contributed by atoms with E-state index < -0.39 is 12.1 Å². The molecule has 2 atom stereocenters. The van der Waals surface area contributed by atoms with Crippen molar-refractivity contribution in [3.05, 3.63) is 60.7 Å². The van der Waals surface area contributed by atoms with E-state index in [4.69, 9.17) is 4.74 Å². The molecule has 3 rings (SSSR count). The van der Waals surface area contributed by atoms with Crippen molar-refractivity contribution < 1.29 is 14.6 Å². The SMILES string of the molecule is C=CC(=O)Oc1ccc(CC(O)C(C)CCCCC)c(-n2nc3ccccc3n2)c1. The predicted molar refractivity (Wildman–Crippen MR) is 118 cm³/mol. The molecular formula is C24H29N3O3. The molecule has 0 spiro atoms. The summed E-state index contributed by atoms with van der Waals surface area (Å²) < 4.78 is 5.28. The zero-order valence-corrected chi connectivity index (χ0v) is 17.6. The third-order valence-electron chi connectivity index (χ3n) is 5.29. The molecule has 0 bridgehead atoms. The number of carbonyl (C=O) groups is 1. The Hall–Kier alpha value is -2.99. The lowest BCUT2D eigenvalue weighted by atomic mass is 9.92. The molecule has 30 heavy (non-hydrogen) atoms. The fourth-order valence-corrected chi connectivity index (χ4v) is 3.43. The van der Waals surface area contributed by atoms with E-state index in [1.54, 1.807) is 16.9 Å². The summed E-state index contributed by atoms with van der Waals surface area (Å²) in [6.45, 7) is 7.70. The van der Waals surface area contributed by atoms with Crippen LogP contribution >= 0.6 is 0 Å². The van der Waals surface area contributed by atoms with Crippen molar-refractivity contribution in [1.29, 1.82) is 0 Å². The minimum Gasteiger partial charge on any atom is -0.423 e. The predicted octanol–water partition coefficient (Wildman–Crippen LogP) is 4.63. The molecule has 0 aliphatic heterocycles. The number of unbranched alkanes of at least 4 members (excludes halogenated alkanes) is 2. The van der Waals surface area contributed by atoms with Gasteiger partial charge in [-0.05, 0) is 36.1 Å². The first kappa shape index (κ1) is 21.7. The largest absolute Gasteiger partial charge is 0.423 e. The van der Waals surface area contributed by atoms with Crippen LogP contribution in [0.3, 0.4) is 0 Å². The number of nitrogens with zero attached hydrogens (tertiary/aromatic N) is 3. The van der Waals surface area contributed by atoms with Crippen molar-refractivity contribution in [3.63, 3.8) is 0 Å². The average Bonchev–Trinajstić information content (AvgIpc) is 3.18. The number of hydrogen-bond acceptors (Lipinski definition) is 5. The highest BCUT2D eigenvalue weighted by atomic mass is 16.5. The Kier molecular flexibility index (Phi) is 7.36. The van der Waals surface area contributed by atoms with E-state index in [1.165, 1.54) is 6.42 Å². The normalized spacial score (nSPS) is 13.2. The van der Waals surface area contributed by atoms with Crippen LogP contribution in [0.1, 0.15) is 45.1 Å². The van der Waals surface area contributed by atoms with Crippen LogP contribution in [0.4, 0.5) is 0 Å². The smallest absolute Gasteiger partial charge is 0.335 e. The molecule has 1 heterocycles. The van der Waals surface area contributed by atoms with E-state index in [9.17, 15) is 9.90 Å². The summed E-state index contributed by atoms with van der Waals surface area (Å²) >= 11 is 0. The van der Waals surface area contributed by atoms with Crippen molar-refractivity contribution in [2.45, 2.75) is 52.1 Å².